The van der Waals surface area contributed by atoms with Crippen LogP contribution in [-0.4, -0.2) is 7.11 Å². The fourth-order valence-corrected chi connectivity index (χ4v) is 2.65. The zero-order valence-electron chi connectivity index (χ0n) is 11.5. The summed E-state index contributed by atoms with van der Waals surface area (Å²) in [5, 5.41) is 4.20. The molecule has 0 spiro atoms. The average molecular weight is 355 g/mol. The maximum Gasteiger partial charge on any atom is 0.123 e. The van der Waals surface area contributed by atoms with E-state index in [1.807, 2.05) is 30.3 Å². The predicted octanol–water partition coefficient (Wildman–Crippen LogP) is 4.96. The Labute approximate surface area is 133 Å². The molecular weight excluding hydrogens is 338 g/mol. The Morgan fingerprint density at radius 3 is 2.75 bits per heavy atom. The molecule has 0 bridgehead atoms. The summed E-state index contributed by atoms with van der Waals surface area (Å²) < 4.78 is 6.44. The third-order valence-electron chi connectivity index (χ3n) is 3.19. The minimum Gasteiger partial charge on any atom is -0.496 e. The molecule has 2 nitrogen and oxygen atoms in total. The summed E-state index contributed by atoms with van der Waals surface area (Å²) in [5.74, 6) is 0.850. The molecule has 1 atom stereocenters. The molecular formula is C16H17BrClNO. The molecule has 0 aliphatic heterocycles. The van der Waals surface area contributed by atoms with E-state index in [4.69, 9.17) is 16.3 Å². The summed E-state index contributed by atoms with van der Waals surface area (Å²) in [7, 11) is 1.67. The lowest BCUT2D eigenvalue weighted by Crippen LogP contribution is -2.18. The lowest BCUT2D eigenvalue weighted by Gasteiger charge is -2.16. The van der Waals surface area contributed by atoms with Crippen molar-refractivity contribution in [1.29, 1.82) is 0 Å². The quantitative estimate of drug-likeness (QED) is 0.819. The van der Waals surface area contributed by atoms with E-state index in [9.17, 15) is 0 Å². The Morgan fingerprint density at radius 1 is 1.25 bits per heavy atom. The fraction of sp³-hybridized carbons (Fsp3) is 0.250. The van der Waals surface area contributed by atoms with Gasteiger partial charge in [0, 0.05) is 27.6 Å². The molecule has 0 heterocycles. The van der Waals surface area contributed by atoms with Gasteiger partial charge in [-0.3, -0.25) is 0 Å². The highest BCUT2D eigenvalue weighted by atomic mass is 79.9. The minimum atomic E-state index is 0.246. The van der Waals surface area contributed by atoms with E-state index in [1.54, 1.807) is 7.11 Å². The van der Waals surface area contributed by atoms with E-state index in [1.165, 1.54) is 5.56 Å². The van der Waals surface area contributed by atoms with Crippen LogP contribution in [0.3, 0.4) is 0 Å². The zero-order chi connectivity index (χ0) is 14.5. The molecule has 0 aromatic heterocycles. The Balaban J connectivity index is 2.06. The molecule has 4 heteroatoms. The Hall–Kier alpha value is -1.03. The summed E-state index contributed by atoms with van der Waals surface area (Å²) in [6, 6.07) is 14.2. The van der Waals surface area contributed by atoms with E-state index in [0.29, 0.717) is 6.54 Å². The molecule has 2 aromatic carbocycles. The number of ether oxygens (including phenoxy) is 1. The van der Waals surface area contributed by atoms with Crippen molar-refractivity contribution >= 4 is 27.5 Å². The summed E-state index contributed by atoms with van der Waals surface area (Å²) in [4.78, 5) is 0. The van der Waals surface area contributed by atoms with Gasteiger partial charge in [0.05, 0.1) is 7.11 Å². The standard InChI is InChI=1S/C16H17BrClNO/c1-11(12-4-3-5-14(17)8-12)19-10-13-9-15(18)6-7-16(13)20-2/h3-9,11,19H,10H2,1-2H3/t11-/m1/s1. The van der Waals surface area contributed by atoms with Crippen molar-refractivity contribution in [2.24, 2.45) is 0 Å². The lowest BCUT2D eigenvalue weighted by atomic mass is 10.1. The molecule has 0 radical (unpaired) electrons. The summed E-state index contributed by atoms with van der Waals surface area (Å²) in [5.41, 5.74) is 2.29. The zero-order valence-corrected chi connectivity index (χ0v) is 13.8. The second kappa shape index (κ2) is 7.11. The monoisotopic (exact) mass is 353 g/mol. The number of nitrogens with one attached hydrogen (secondary N) is 1. The highest BCUT2D eigenvalue weighted by molar-refractivity contribution is 9.10. The third kappa shape index (κ3) is 3.98. The molecule has 2 rings (SSSR count). The highest BCUT2D eigenvalue weighted by Gasteiger charge is 2.08. The van der Waals surface area contributed by atoms with Crippen molar-refractivity contribution < 1.29 is 4.74 Å². The van der Waals surface area contributed by atoms with Crippen LogP contribution in [0.5, 0.6) is 5.75 Å². The van der Waals surface area contributed by atoms with Crippen LogP contribution in [0.4, 0.5) is 0 Å². The van der Waals surface area contributed by atoms with Crippen LogP contribution in [-0.2, 0) is 6.54 Å². The molecule has 20 heavy (non-hydrogen) atoms. The van der Waals surface area contributed by atoms with Crippen molar-refractivity contribution in [3.63, 3.8) is 0 Å². The Kier molecular flexibility index (Phi) is 5.46. The van der Waals surface area contributed by atoms with Crippen LogP contribution in [0.2, 0.25) is 5.02 Å². The molecule has 2 aromatic rings. The molecule has 0 amide bonds. The summed E-state index contributed by atoms with van der Waals surface area (Å²) in [6.45, 7) is 2.84. The number of halogens is 2. The first-order valence-electron chi connectivity index (χ1n) is 6.41. The second-order valence-electron chi connectivity index (χ2n) is 4.61. The van der Waals surface area contributed by atoms with Gasteiger partial charge in [-0.2, -0.15) is 0 Å². The van der Waals surface area contributed by atoms with Crippen LogP contribution >= 0.6 is 27.5 Å². The highest BCUT2D eigenvalue weighted by Crippen LogP contribution is 2.24. The molecule has 0 unspecified atom stereocenters. The predicted molar refractivity (Wildman–Crippen MR) is 87.4 cm³/mol. The van der Waals surface area contributed by atoms with E-state index >= 15 is 0 Å². The van der Waals surface area contributed by atoms with Crippen LogP contribution in [0.15, 0.2) is 46.9 Å². The lowest BCUT2D eigenvalue weighted by molar-refractivity contribution is 0.406. The minimum absolute atomic E-state index is 0.246. The van der Waals surface area contributed by atoms with Gasteiger partial charge in [-0.05, 0) is 42.8 Å². The normalized spacial score (nSPS) is 12.2. The topological polar surface area (TPSA) is 21.3 Å². The van der Waals surface area contributed by atoms with Gasteiger partial charge in [0.2, 0.25) is 0 Å². The van der Waals surface area contributed by atoms with Gasteiger partial charge in [0.15, 0.2) is 0 Å². The first-order chi connectivity index (χ1) is 9.60. The summed E-state index contributed by atoms with van der Waals surface area (Å²) >= 11 is 9.53. The van der Waals surface area contributed by atoms with Gasteiger partial charge in [0.1, 0.15) is 5.75 Å². The smallest absolute Gasteiger partial charge is 0.123 e. The SMILES string of the molecule is COc1ccc(Cl)cc1CN[C@H](C)c1cccc(Br)c1. The number of hydrogen-bond donors (Lipinski definition) is 1. The Bertz CT molecular complexity index is 588. The maximum absolute atomic E-state index is 6.04. The van der Waals surface area contributed by atoms with E-state index in [0.717, 1.165) is 20.8 Å². The van der Waals surface area contributed by atoms with Crippen LogP contribution < -0.4 is 10.1 Å². The molecule has 106 valence electrons. The Morgan fingerprint density at radius 2 is 2.05 bits per heavy atom. The molecule has 0 fully saturated rings. The van der Waals surface area contributed by atoms with Crippen LogP contribution in [0, 0.1) is 0 Å². The van der Waals surface area contributed by atoms with E-state index in [2.05, 4.69) is 40.3 Å². The van der Waals surface area contributed by atoms with Crippen molar-refractivity contribution in [3.05, 3.63) is 63.1 Å². The maximum atomic E-state index is 6.04. The van der Waals surface area contributed by atoms with Gasteiger partial charge in [-0.1, -0.05) is 39.7 Å². The van der Waals surface area contributed by atoms with Crippen molar-refractivity contribution in [1.82, 2.24) is 5.32 Å². The largest absolute Gasteiger partial charge is 0.496 e. The molecule has 0 saturated carbocycles. The van der Waals surface area contributed by atoms with Crippen LogP contribution in [0.1, 0.15) is 24.1 Å². The summed E-state index contributed by atoms with van der Waals surface area (Å²) in [6.07, 6.45) is 0. The molecule has 1 N–H and O–H groups in total. The number of hydrogen-bond acceptors (Lipinski definition) is 2. The molecule has 0 saturated heterocycles. The van der Waals surface area contributed by atoms with Gasteiger partial charge in [-0.25, -0.2) is 0 Å². The van der Waals surface area contributed by atoms with Gasteiger partial charge < -0.3 is 10.1 Å². The molecule has 0 aliphatic rings. The van der Waals surface area contributed by atoms with Crippen molar-refractivity contribution in [2.75, 3.05) is 7.11 Å². The van der Waals surface area contributed by atoms with Gasteiger partial charge in [0.25, 0.3) is 0 Å². The van der Waals surface area contributed by atoms with Crippen molar-refractivity contribution in [3.8, 4) is 5.75 Å². The third-order valence-corrected chi connectivity index (χ3v) is 3.92. The molecule has 0 aliphatic carbocycles. The van der Waals surface area contributed by atoms with E-state index < -0.39 is 0 Å². The van der Waals surface area contributed by atoms with Gasteiger partial charge in [-0.15, -0.1) is 0 Å². The number of benzene rings is 2. The average Bonchev–Trinajstić information content (AvgIpc) is 2.45. The van der Waals surface area contributed by atoms with Crippen molar-refractivity contribution in [2.45, 2.75) is 19.5 Å². The first-order valence-corrected chi connectivity index (χ1v) is 7.58. The number of rotatable bonds is 5. The first kappa shape index (κ1) is 15.4. The number of methoxy groups -OCH3 is 1. The van der Waals surface area contributed by atoms with Crippen LogP contribution in [0.25, 0.3) is 0 Å². The van der Waals surface area contributed by atoms with Gasteiger partial charge >= 0.3 is 0 Å². The fourth-order valence-electron chi connectivity index (χ4n) is 2.04. The van der Waals surface area contributed by atoms with E-state index in [-0.39, 0.29) is 6.04 Å². The second-order valence-corrected chi connectivity index (χ2v) is 5.97.